The first kappa shape index (κ1) is 21.5. The molecule has 4 fully saturated rings. The van der Waals surface area contributed by atoms with Gasteiger partial charge in [-0.1, -0.05) is 25.4 Å². The first-order valence-electron chi connectivity index (χ1n) is 12.2. The number of hydrogen-bond acceptors (Lipinski definition) is 9. The normalized spacial score (nSPS) is 47.5. The maximum atomic E-state index is 11.8. The van der Waals surface area contributed by atoms with Gasteiger partial charge in [-0.3, -0.25) is 0 Å². The highest BCUT2D eigenvalue weighted by Crippen LogP contribution is 2.70. The Labute approximate surface area is 197 Å². The second-order valence-electron chi connectivity index (χ2n) is 11.6. The average Bonchev–Trinajstić information content (AvgIpc) is 3.04. The van der Waals surface area contributed by atoms with Crippen LogP contribution in [0.1, 0.15) is 65.2 Å². The van der Waals surface area contributed by atoms with Crippen molar-refractivity contribution in [1.29, 1.82) is 0 Å². The molecule has 3 N–H and O–H groups in total. The summed E-state index contributed by atoms with van der Waals surface area (Å²) in [6, 6.07) is 0.293. The van der Waals surface area contributed by atoms with Crippen molar-refractivity contribution >= 4 is 29.1 Å². The van der Waals surface area contributed by atoms with Crippen molar-refractivity contribution in [2.24, 2.45) is 44.9 Å². The zero-order valence-corrected chi connectivity index (χ0v) is 19.8. The standard InChI is InChI=1S/C23H31ClN6O3/c1-21-10-11-3-4-15(21)16(26-18-17(29-32)19(31)28-20(25-11)27-18)9-12-13(21)5-7-22(2)14(12)6-8-23(22,24)30-33/h11-16H,3-10H2,1-2H3,(H3,25,26,27,28,31)/t11?,12?,13?,14?,15?,16?,21-,22+,23+/m1/s1. The molecule has 9 nitrogen and oxygen atoms in total. The summed E-state index contributed by atoms with van der Waals surface area (Å²) in [4.78, 5) is 30.9. The Morgan fingerprint density at radius 1 is 1.03 bits per heavy atom. The number of nitrogens with zero attached hydrogens (tertiary/aromatic N) is 4. The fourth-order valence-corrected chi connectivity index (χ4v) is 9.26. The van der Waals surface area contributed by atoms with Crippen molar-refractivity contribution in [3.63, 3.8) is 0 Å². The third-order valence-electron chi connectivity index (χ3n) is 10.5. The third-order valence-corrected chi connectivity index (χ3v) is 11.2. The highest BCUT2D eigenvalue weighted by Gasteiger charge is 2.67. The predicted octanol–water partition coefficient (Wildman–Crippen LogP) is 5.51. The molecule has 0 spiro atoms. The Balaban J connectivity index is 1.45. The highest BCUT2D eigenvalue weighted by atomic mass is 35.5. The molecule has 0 radical (unpaired) electrons. The fourth-order valence-electron chi connectivity index (χ4n) is 8.92. The van der Waals surface area contributed by atoms with E-state index in [4.69, 9.17) is 11.6 Å². The lowest BCUT2D eigenvalue weighted by Crippen LogP contribution is -2.61. The van der Waals surface area contributed by atoms with Crippen LogP contribution in [0.4, 0.5) is 17.5 Å². The summed E-state index contributed by atoms with van der Waals surface area (Å²) in [5.41, 5.74) is -0.345. The zero-order chi connectivity index (χ0) is 23.2. The lowest BCUT2D eigenvalue weighted by molar-refractivity contribution is -0.114. The van der Waals surface area contributed by atoms with E-state index in [1.165, 1.54) is 0 Å². The molecule has 7 rings (SSSR count). The van der Waals surface area contributed by atoms with Gasteiger partial charge in [0, 0.05) is 17.5 Å². The molecule has 3 heterocycles. The molecule has 6 bridgehead atoms. The summed E-state index contributed by atoms with van der Waals surface area (Å²) in [6.07, 6.45) is 7.56. The van der Waals surface area contributed by atoms with E-state index in [9.17, 15) is 14.9 Å². The van der Waals surface area contributed by atoms with E-state index in [2.05, 4.69) is 44.8 Å². The van der Waals surface area contributed by atoms with Gasteiger partial charge >= 0.3 is 0 Å². The number of aromatic nitrogens is 2. The fraction of sp³-hybridized carbons (Fsp3) is 0.826. The molecule has 1 aromatic heterocycles. The molecule has 0 aromatic carbocycles. The third kappa shape index (κ3) is 2.77. The smallest absolute Gasteiger partial charge is 0.248 e. The average molecular weight is 475 g/mol. The minimum Gasteiger partial charge on any atom is -0.491 e. The van der Waals surface area contributed by atoms with Crippen LogP contribution in [-0.4, -0.2) is 32.2 Å². The van der Waals surface area contributed by atoms with Gasteiger partial charge in [0.25, 0.3) is 0 Å². The van der Waals surface area contributed by atoms with Gasteiger partial charge in [-0.15, -0.1) is 9.81 Å². The van der Waals surface area contributed by atoms with Crippen molar-refractivity contribution < 1.29 is 5.11 Å². The van der Waals surface area contributed by atoms with E-state index < -0.39 is 10.9 Å². The molecule has 0 saturated heterocycles. The number of nitrogens with one attached hydrogen (secondary N) is 2. The van der Waals surface area contributed by atoms with Crippen LogP contribution in [0.25, 0.3) is 0 Å². The number of anilines is 2. The largest absolute Gasteiger partial charge is 0.491 e. The molecule has 6 unspecified atom stereocenters. The number of halogens is 1. The van der Waals surface area contributed by atoms with Gasteiger partial charge in [-0.2, -0.15) is 9.97 Å². The van der Waals surface area contributed by atoms with Crippen molar-refractivity contribution in [3.8, 4) is 5.88 Å². The maximum absolute atomic E-state index is 11.8. The molecule has 33 heavy (non-hydrogen) atoms. The predicted molar refractivity (Wildman–Crippen MR) is 125 cm³/mol. The Kier molecular flexibility index (Phi) is 4.56. The topological polar surface area (TPSA) is 129 Å². The minimum atomic E-state index is -1.02. The molecule has 1 aromatic rings. The molecule has 4 saturated carbocycles. The van der Waals surface area contributed by atoms with Crippen LogP contribution in [0.5, 0.6) is 5.88 Å². The highest BCUT2D eigenvalue weighted by molar-refractivity contribution is 6.24. The van der Waals surface area contributed by atoms with Gasteiger partial charge in [0.1, 0.15) is 0 Å². The molecule has 10 heteroatoms. The molecule has 178 valence electrons. The summed E-state index contributed by atoms with van der Waals surface area (Å²) in [6.45, 7) is 4.61. The van der Waals surface area contributed by atoms with Crippen molar-refractivity contribution in [2.45, 2.75) is 82.3 Å². The number of fused-ring (bicyclic) bond motifs is 4. The van der Waals surface area contributed by atoms with Crippen molar-refractivity contribution in [1.82, 2.24) is 9.97 Å². The molecule has 6 aliphatic rings. The Morgan fingerprint density at radius 3 is 2.58 bits per heavy atom. The van der Waals surface area contributed by atoms with E-state index in [-0.39, 0.29) is 28.6 Å². The van der Waals surface area contributed by atoms with Gasteiger partial charge in [-0.25, -0.2) is 0 Å². The lowest BCUT2D eigenvalue weighted by atomic mass is 9.43. The van der Waals surface area contributed by atoms with Gasteiger partial charge < -0.3 is 15.7 Å². The SMILES string of the molecule is C[C@]12CC3CCC1C(CC1C2CC[C@@]2(C)C1CC[C@]2(Cl)N=O)Nc1nc(nc(O)c1N=O)N3. The van der Waals surface area contributed by atoms with Crippen LogP contribution in [0.2, 0.25) is 0 Å². The second-order valence-corrected chi connectivity index (χ2v) is 12.2. The number of rotatable bonds is 2. The first-order valence-corrected chi connectivity index (χ1v) is 12.6. The molecule has 4 aliphatic carbocycles. The number of alkyl halides is 1. The van der Waals surface area contributed by atoms with Gasteiger partial charge in [0.05, 0.1) is 0 Å². The van der Waals surface area contributed by atoms with Crippen LogP contribution in [-0.2, 0) is 0 Å². The van der Waals surface area contributed by atoms with E-state index in [0.29, 0.717) is 41.9 Å². The Bertz CT molecular complexity index is 1030. The van der Waals surface area contributed by atoms with Gasteiger partial charge in [-0.05, 0) is 90.8 Å². The minimum absolute atomic E-state index is 0.0924. The van der Waals surface area contributed by atoms with Gasteiger partial charge in [0.2, 0.25) is 17.5 Å². The summed E-state index contributed by atoms with van der Waals surface area (Å²) < 4.78 is 0. The van der Waals surface area contributed by atoms with Crippen LogP contribution in [0, 0.1) is 44.3 Å². The van der Waals surface area contributed by atoms with Crippen molar-refractivity contribution in [2.75, 3.05) is 10.6 Å². The summed E-state index contributed by atoms with van der Waals surface area (Å²) in [5.74, 6) is 1.94. The van der Waals surface area contributed by atoms with E-state index in [1.807, 2.05) is 0 Å². The van der Waals surface area contributed by atoms with E-state index in [0.717, 1.165) is 44.9 Å². The molecule has 2 aliphatic heterocycles. The van der Waals surface area contributed by atoms with E-state index >= 15 is 0 Å². The quantitative estimate of drug-likeness (QED) is 0.292. The zero-order valence-electron chi connectivity index (χ0n) is 19.1. The Morgan fingerprint density at radius 2 is 1.82 bits per heavy atom. The van der Waals surface area contributed by atoms with E-state index in [1.54, 1.807) is 0 Å². The van der Waals surface area contributed by atoms with Crippen LogP contribution >= 0.6 is 11.6 Å². The maximum Gasteiger partial charge on any atom is 0.248 e. The molecule has 0 amide bonds. The number of nitroso groups, excluding NO2 is 2. The Hall–Kier alpha value is -2.03. The monoisotopic (exact) mass is 474 g/mol. The number of aromatic hydroxyl groups is 1. The lowest BCUT2D eigenvalue weighted by Gasteiger charge is -2.63. The van der Waals surface area contributed by atoms with Gasteiger partial charge in [0.15, 0.2) is 10.8 Å². The van der Waals surface area contributed by atoms with Crippen LogP contribution in [0.15, 0.2) is 10.4 Å². The molecular formula is C23H31ClN6O3. The second kappa shape index (κ2) is 6.99. The van der Waals surface area contributed by atoms with Crippen LogP contribution < -0.4 is 10.6 Å². The van der Waals surface area contributed by atoms with Crippen LogP contribution in [0.3, 0.4) is 0 Å². The molecule has 9 atom stereocenters. The van der Waals surface area contributed by atoms with Crippen molar-refractivity contribution in [3.05, 3.63) is 9.81 Å². The summed E-state index contributed by atoms with van der Waals surface area (Å²) in [5, 5.41) is 23.7. The summed E-state index contributed by atoms with van der Waals surface area (Å²) in [7, 11) is 0. The summed E-state index contributed by atoms with van der Waals surface area (Å²) >= 11 is 6.83. The number of hydrogen-bond donors (Lipinski definition) is 3. The first-order chi connectivity index (χ1) is 15.7. The molecular weight excluding hydrogens is 444 g/mol.